The molecule has 298 valence electrons. The van der Waals surface area contributed by atoms with Crippen molar-refractivity contribution in [2.75, 3.05) is 4.90 Å². The van der Waals surface area contributed by atoms with Crippen molar-refractivity contribution in [3.63, 3.8) is 0 Å². The number of rotatable bonds is 6. The topological polar surface area (TPSA) is 3.24 Å². The summed E-state index contributed by atoms with van der Waals surface area (Å²) in [6.07, 6.45) is 0. The van der Waals surface area contributed by atoms with Crippen LogP contribution in [0.4, 0.5) is 17.1 Å². The summed E-state index contributed by atoms with van der Waals surface area (Å²) in [7, 11) is 0. The van der Waals surface area contributed by atoms with Crippen molar-refractivity contribution in [1.29, 1.82) is 0 Å². The van der Waals surface area contributed by atoms with Gasteiger partial charge in [0, 0.05) is 16.5 Å². The zero-order chi connectivity index (χ0) is 42.2. The van der Waals surface area contributed by atoms with Gasteiger partial charge in [0.15, 0.2) is 0 Å². The van der Waals surface area contributed by atoms with Crippen LogP contribution >= 0.6 is 0 Å². The molecule has 1 nitrogen and oxygen atoms in total. The van der Waals surface area contributed by atoms with Crippen molar-refractivity contribution in [2.24, 2.45) is 0 Å². The monoisotopic (exact) mass is 811 g/mol. The van der Waals surface area contributed by atoms with Crippen LogP contribution in [0.3, 0.4) is 0 Å². The Balaban J connectivity index is 1.13. The van der Waals surface area contributed by atoms with Crippen molar-refractivity contribution in [1.82, 2.24) is 0 Å². The van der Waals surface area contributed by atoms with Crippen LogP contribution in [0, 0.1) is 0 Å². The molecule has 11 aromatic carbocycles. The van der Waals surface area contributed by atoms with Crippen LogP contribution in [0.5, 0.6) is 0 Å². The second kappa shape index (κ2) is 14.4. The zero-order valence-electron chi connectivity index (χ0n) is 35.1. The molecule has 0 unspecified atom stereocenters. The second-order valence-electron chi connectivity index (χ2n) is 17.1. The van der Waals surface area contributed by atoms with Gasteiger partial charge in [0.2, 0.25) is 0 Å². The van der Waals surface area contributed by atoms with Gasteiger partial charge in [-0.1, -0.05) is 231 Å². The van der Waals surface area contributed by atoms with E-state index in [9.17, 15) is 0 Å². The Kier molecular flexibility index (Phi) is 8.20. The molecular formula is C63H41N. The largest absolute Gasteiger partial charge is 0.309 e. The van der Waals surface area contributed by atoms with Crippen LogP contribution in [0.15, 0.2) is 249 Å². The quantitative estimate of drug-likeness (QED) is 0.151. The van der Waals surface area contributed by atoms with E-state index in [1.807, 2.05) is 0 Å². The van der Waals surface area contributed by atoms with E-state index >= 15 is 0 Å². The number of para-hydroxylation sites is 1. The maximum Gasteiger partial charge on any atom is 0.0726 e. The van der Waals surface area contributed by atoms with E-state index in [2.05, 4.69) is 254 Å². The molecule has 1 spiro atoms. The first-order valence-electron chi connectivity index (χ1n) is 22.3. The minimum atomic E-state index is -0.469. The maximum absolute atomic E-state index is 2.58. The zero-order valence-corrected chi connectivity index (χ0v) is 35.1. The lowest BCUT2D eigenvalue weighted by molar-refractivity contribution is 0.794. The standard InChI is InChI=1S/C63H41N/c1-2-20-42(21-3-1)44-24-6-7-25-46(44)48-26-8-9-27-49(48)52-30-13-17-37-59(52)64(60-38-18-32-47-45-23-5-4-22-43(45)40-41-53(47)60)61-39-19-36-58-62(61)54-31-12-16-35-57(54)63(58)55-33-14-10-28-50(55)51-29-11-15-34-56(51)63/h1-41H. The third kappa shape index (κ3) is 5.19. The van der Waals surface area contributed by atoms with Crippen LogP contribution in [0.2, 0.25) is 0 Å². The summed E-state index contributed by atoms with van der Waals surface area (Å²) in [6.45, 7) is 0. The summed E-state index contributed by atoms with van der Waals surface area (Å²) in [4.78, 5) is 2.58. The summed E-state index contributed by atoms with van der Waals surface area (Å²) in [5, 5.41) is 4.92. The van der Waals surface area contributed by atoms with Crippen molar-refractivity contribution < 1.29 is 0 Å². The minimum Gasteiger partial charge on any atom is -0.309 e. The van der Waals surface area contributed by atoms with Gasteiger partial charge < -0.3 is 4.90 Å². The SMILES string of the molecule is c1ccc(-c2ccccc2-c2ccccc2-c2ccccc2N(c2cccc3c2-c2ccccc2C32c3ccccc3-c3ccccc32)c2cccc3c2ccc2ccccc23)cc1. The van der Waals surface area contributed by atoms with E-state index in [1.54, 1.807) is 0 Å². The number of hydrogen-bond donors (Lipinski definition) is 0. The number of fused-ring (bicyclic) bond motifs is 13. The molecule has 11 aromatic rings. The Bertz CT molecular complexity index is 3590. The van der Waals surface area contributed by atoms with Gasteiger partial charge in [-0.25, -0.2) is 0 Å². The first kappa shape index (κ1) is 36.4. The van der Waals surface area contributed by atoms with E-state index in [0.29, 0.717) is 0 Å². The predicted octanol–water partition coefficient (Wildman–Crippen LogP) is 16.8. The van der Waals surface area contributed by atoms with Crippen molar-refractivity contribution in [3.05, 3.63) is 271 Å². The molecule has 0 amide bonds. The summed E-state index contributed by atoms with van der Waals surface area (Å²) in [6, 6.07) is 92.2. The molecule has 0 aromatic heterocycles. The van der Waals surface area contributed by atoms with Crippen molar-refractivity contribution in [2.45, 2.75) is 5.41 Å². The Morgan fingerprint density at radius 3 is 1.41 bits per heavy atom. The highest BCUT2D eigenvalue weighted by molar-refractivity contribution is 6.14. The van der Waals surface area contributed by atoms with Gasteiger partial charge in [-0.05, 0) is 101 Å². The molecule has 0 fully saturated rings. The van der Waals surface area contributed by atoms with Gasteiger partial charge in [0.1, 0.15) is 0 Å². The van der Waals surface area contributed by atoms with E-state index in [1.165, 1.54) is 93.9 Å². The van der Waals surface area contributed by atoms with Crippen LogP contribution in [0.1, 0.15) is 22.3 Å². The van der Waals surface area contributed by atoms with Gasteiger partial charge >= 0.3 is 0 Å². The number of hydrogen-bond acceptors (Lipinski definition) is 1. The normalized spacial score (nSPS) is 12.8. The summed E-state index contributed by atoms with van der Waals surface area (Å²) < 4.78 is 0. The van der Waals surface area contributed by atoms with Crippen LogP contribution in [-0.4, -0.2) is 0 Å². The Morgan fingerprint density at radius 1 is 0.234 bits per heavy atom. The average Bonchev–Trinajstić information content (AvgIpc) is 3.85. The lowest BCUT2D eigenvalue weighted by atomic mass is 9.70. The number of benzene rings is 11. The Labute approximate surface area is 373 Å². The molecule has 2 aliphatic carbocycles. The third-order valence-corrected chi connectivity index (χ3v) is 13.9. The van der Waals surface area contributed by atoms with Crippen molar-refractivity contribution in [3.8, 4) is 55.6 Å². The van der Waals surface area contributed by atoms with Gasteiger partial charge in [0.25, 0.3) is 0 Å². The van der Waals surface area contributed by atoms with Gasteiger partial charge in [0.05, 0.1) is 22.5 Å². The van der Waals surface area contributed by atoms with Gasteiger partial charge in [-0.15, -0.1) is 0 Å². The molecule has 0 saturated heterocycles. The molecule has 1 heteroatoms. The summed E-state index contributed by atoms with van der Waals surface area (Å²) >= 11 is 0. The molecule has 0 heterocycles. The molecule has 0 atom stereocenters. The summed E-state index contributed by atoms with van der Waals surface area (Å²) in [5.41, 5.74) is 20.6. The fourth-order valence-electron chi connectivity index (χ4n) is 11.4. The Morgan fingerprint density at radius 2 is 0.688 bits per heavy atom. The van der Waals surface area contributed by atoms with E-state index < -0.39 is 5.41 Å². The molecule has 0 radical (unpaired) electrons. The lowest BCUT2D eigenvalue weighted by Gasteiger charge is -2.33. The fraction of sp³-hybridized carbons (Fsp3) is 0.0159. The molecular weight excluding hydrogens is 771 g/mol. The van der Waals surface area contributed by atoms with Crippen LogP contribution < -0.4 is 4.90 Å². The van der Waals surface area contributed by atoms with Gasteiger partial charge in [-0.2, -0.15) is 0 Å². The fourth-order valence-corrected chi connectivity index (χ4v) is 11.4. The minimum absolute atomic E-state index is 0.469. The highest BCUT2D eigenvalue weighted by Gasteiger charge is 2.52. The van der Waals surface area contributed by atoms with E-state index in [-0.39, 0.29) is 0 Å². The first-order valence-corrected chi connectivity index (χ1v) is 22.3. The van der Waals surface area contributed by atoms with Crippen molar-refractivity contribution >= 4 is 38.6 Å². The lowest BCUT2D eigenvalue weighted by Crippen LogP contribution is -2.26. The molecule has 0 bridgehead atoms. The highest BCUT2D eigenvalue weighted by atomic mass is 15.1. The number of nitrogens with zero attached hydrogens (tertiary/aromatic N) is 1. The molecule has 0 N–H and O–H groups in total. The first-order chi connectivity index (χ1) is 31.8. The van der Waals surface area contributed by atoms with E-state index in [0.717, 1.165) is 22.6 Å². The van der Waals surface area contributed by atoms with Crippen LogP contribution in [-0.2, 0) is 5.41 Å². The van der Waals surface area contributed by atoms with Crippen LogP contribution in [0.25, 0.3) is 77.2 Å². The molecule has 13 rings (SSSR count). The average molecular weight is 812 g/mol. The molecule has 0 aliphatic heterocycles. The predicted molar refractivity (Wildman–Crippen MR) is 269 cm³/mol. The maximum atomic E-state index is 2.58. The smallest absolute Gasteiger partial charge is 0.0726 e. The number of anilines is 3. The van der Waals surface area contributed by atoms with Gasteiger partial charge in [-0.3, -0.25) is 0 Å². The second-order valence-corrected chi connectivity index (χ2v) is 17.1. The summed E-state index contributed by atoms with van der Waals surface area (Å²) in [5.74, 6) is 0. The molecule has 2 aliphatic rings. The third-order valence-electron chi connectivity index (χ3n) is 13.9. The Hall–Kier alpha value is -8.26. The molecule has 64 heavy (non-hydrogen) atoms. The van der Waals surface area contributed by atoms with E-state index in [4.69, 9.17) is 0 Å². The molecule has 0 saturated carbocycles. The highest BCUT2D eigenvalue weighted by Crippen LogP contribution is 2.65.